The Morgan fingerprint density at radius 2 is 1.90 bits per heavy atom. The lowest BCUT2D eigenvalue weighted by molar-refractivity contribution is -0.137. The molecule has 10 heteroatoms. The van der Waals surface area contributed by atoms with Crippen LogP contribution in [0, 0.1) is 0 Å². The number of amides is 1. The number of aliphatic hydroxyl groups excluding tert-OH is 1. The van der Waals surface area contributed by atoms with Crippen LogP contribution in [0.25, 0.3) is 10.6 Å². The van der Waals surface area contributed by atoms with Gasteiger partial charge in [0.15, 0.2) is 0 Å². The third-order valence-corrected chi connectivity index (χ3v) is 5.07. The lowest BCUT2D eigenvalue weighted by atomic mass is 10.2. The van der Waals surface area contributed by atoms with Crippen molar-refractivity contribution in [2.45, 2.75) is 12.3 Å². The van der Waals surface area contributed by atoms with Gasteiger partial charge in [-0.15, -0.1) is 11.3 Å². The monoisotopic (exact) mass is 452 g/mol. The van der Waals surface area contributed by atoms with Crippen LogP contribution in [0.4, 0.5) is 13.2 Å². The number of alkyl halides is 3. The second-order valence-corrected chi connectivity index (χ2v) is 7.29. The van der Waals surface area contributed by atoms with Crippen LogP contribution >= 0.6 is 11.3 Å². The molecular formula is C21H19F3N2O4S. The van der Waals surface area contributed by atoms with Gasteiger partial charge in [0.1, 0.15) is 34.9 Å². The average molecular weight is 452 g/mol. The molecule has 0 aliphatic heterocycles. The van der Waals surface area contributed by atoms with E-state index in [4.69, 9.17) is 9.47 Å². The van der Waals surface area contributed by atoms with Gasteiger partial charge in [0.05, 0.1) is 18.2 Å². The van der Waals surface area contributed by atoms with Gasteiger partial charge >= 0.3 is 6.18 Å². The summed E-state index contributed by atoms with van der Waals surface area (Å²) in [7, 11) is 1.55. The minimum atomic E-state index is -4.43. The van der Waals surface area contributed by atoms with Crippen LogP contribution in [0.15, 0.2) is 53.9 Å². The Hall–Kier alpha value is -3.11. The number of para-hydroxylation sites is 1. The summed E-state index contributed by atoms with van der Waals surface area (Å²) in [6.45, 7) is -0.309. The fraction of sp³-hybridized carbons (Fsp3) is 0.238. The first-order valence-electron chi connectivity index (χ1n) is 9.13. The molecule has 1 heterocycles. The second kappa shape index (κ2) is 9.80. The predicted molar refractivity (Wildman–Crippen MR) is 109 cm³/mol. The van der Waals surface area contributed by atoms with Crippen LogP contribution in [0.1, 0.15) is 16.1 Å². The molecular weight excluding hydrogens is 433 g/mol. The zero-order valence-corrected chi connectivity index (χ0v) is 17.2. The molecule has 1 aromatic heterocycles. The molecule has 31 heavy (non-hydrogen) atoms. The Kier molecular flexibility index (Phi) is 7.13. The van der Waals surface area contributed by atoms with E-state index in [1.54, 1.807) is 18.6 Å². The number of nitrogens with one attached hydrogen (secondary N) is 1. The van der Waals surface area contributed by atoms with Gasteiger partial charge in [0.2, 0.25) is 0 Å². The highest BCUT2D eigenvalue weighted by Crippen LogP contribution is 2.32. The van der Waals surface area contributed by atoms with E-state index in [1.807, 2.05) is 18.2 Å². The highest BCUT2D eigenvalue weighted by atomic mass is 32.1. The molecule has 0 aliphatic carbocycles. The summed E-state index contributed by atoms with van der Waals surface area (Å²) in [4.78, 5) is 16.6. The zero-order chi connectivity index (χ0) is 22.4. The number of hydrogen-bond acceptors (Lipinski definition) is 6. The molecule has 2 aromatic carbocycles. The molecule has 0 saturated heterocycles. The van der Waals surface area contributed by atoms with Gasteiger partial charge in [-0.25, -0.2) is 4.98 Å². The van der Waals surface area contributed by atoms with E-state index in [-0.39, 0.29) is 24.6 Å². The van der Waals surface area contributed by atoms with Crippen molar-refractivity contribution in [3.63, 3.8) is 0 Å². The van der Waals surface area contributed by atoms with E-state index >= 15 is 0 Å². The SMILES string of the molecule is COc1ccccc1-c1nc(C(=O)NCC(O)COc2ccc(C(F)(F)F)cc2)cs1. The average Bonchev–Trinajstić information content (AvgIpc) is 3.26. The van der Waals surface area contributed by atoms with Crippen molar-refractivity contribution in [1.29, 1.82) is 0 Å². The molecule has 0 radical (unpaired) electrons. The second-order valence-electron chi connectivity index (χ2n) is 6.44. The van der Waals surface area contributed by atoms with E-state index in [1.165, 1.54) is 23.5 Å². The van der Waals surface area contributed by atoms with Gasteiger partial charge in [0.25, 0.3) is 5.91 Å². The van der Waals surface area contributed by atoms with Gasteiger partial charge < -0.3 is 19.9 Å². The largest absolute Gasteiger partial charge is 0.496 e. The van der Waals surface area contributed by atoms with Crippen molar-refractivity contribution in [3.8, 4) is 22.1 Å². The zero-order valence-electron chi connectivity index (χ0n) is 16.3. The van der Waals surface area contributed by atoms with Crippen molar-refractivity contribution in [2.75, 3.05) is 20.3 Å². The smallest absolute Gasteiger partial charge is 0.416 e. The van der Waals surface area contributed by atoms with Crippen LogP contribution in [-0.4, -0.2) is 42.4 Å². The first kappa shape index (κ1) is 22.6. The molecule has 164 valence electrons. The Balaban J connectivity index is 1.50. The summed E-state index contributed by atoms with van der Waals surface area (Å²) in [5, 5.41) is 14.8. The minimum Gasteiger partial charge on any atom is -0.496 e. The summed E-state index contributed by atoms with van der Waals surface area (Å²) in [5.74, 6) is 0.352. The number of aromatic nitrogens is 1. The van der Waals surface area contributed by atoms with Crippen LogP contribution in [0.5, 0.6) is 11.5 Å². The molecule has 1 atom stereocenters. The third kappa shape index (κ3) is 5.96. The van der Waals surface area contributed by atoms with Gasteiger partial charge in [-0.1, -0.05) is 12.1 Å². The molecule has 1 amide bonds. The normalized spacial score (nSPS) is 12.3. The molecule has 0 bridgehead atoms. The molecule has 6 nitrogen and oxygen atoms in total. The highest BCUT2D eigenvalue weighted by Gasteiger charge is 2.30. The third-order valence-electron chi connectivity index (χ3n) is 4.20. The lowest BCUT2D eigenvalue weighted by Gasteiger charge is -2.13. The summed E-state index contributed by atoms with van der Waals surface area (Å²) in [5.41, 5.74) is 0.171. The molecule has 1 unspecified atom stereocenters. The number of thiazole rings is 1. The quantitative estimate of drug-likeness (QED) is 0.540. The van der Waals surface area contributed by atoms with Gasteiger partial charge in [-0.05, 0) is 36.4 Å². The Morgan fingerprint density at radius 1 is 1.19 bits per heavy atom. The Morgan fingerprint density at radius 3 is 2.58 bits per heavy atom. The van der Waals surface area contributed by atoms with Crippen molar-refractivity contribution in [3.05, 3.63) is 65.2 Å². The number of aliphatic hydroxyl groups is 1. The molecule has 3 rings (SSSR count). The van der Waals surface area contributed by atoms with Gasteiger partial charge in [-0.2, -0.15) is 13.2 Å². The van der Waals surface area contributed by atoms with Crippen molar-refractivity contribution >= 4 is 17.2 Å². The molecule has 0 aliphatic rings. The molecule has 0 fully saturated rings. The number of hydrogen-bond donors (Lipinski definition) is 2. The maximum atomic E-state index is 12.6. The van der Waals surface area contributed by atoms with Gasteiger partial charge in [0, 0.05) is 11.9 Å². The summed E-state index contributed by atoms with van der Waals surface area (Å²) >= 11 is 1.29. The summed E-state index contributed by atoms with van der Waals surface area (Å²) in [6.07, 6.45) is -5.48. The number of benzene rings is 2. The van der Waals surface area contributed by atoms with Crippen LogP contribution in [0.2, 0.25) is 0 Å². The Bertz CT molecular complexity index is 1020. The molecule has 3 aromatic rings. The van der Waals surface area contributed by atoms with Crippen molar-refractivity contribution < 1.29 is 32.5 Å². The number of carbonyl (C=O) groups excluding carboxylic acids is 1. The van der Waals surface area contributed by atoms with Crippen LogP contribution in [0.3, 0.4) is 0 Å². The fourth-order valence-electron chi connectivity index (χ4n) is 2.62. The minimum absolute atomic E-state index is 0.110. The topological polar surface area (TPSA) is 80.7 Å². The molecule has 0 spiro atoms. The maximum absolute atomic E-state index is 12.6. The fourth-order valence-corrected chi connectivity index (χ4v) is 3.45. The number of halogens is 3. The van der Waals surface area contributed by atoms with E-state index in [2.05, 4.69) is 10.3 Å². The van der Waals surface area contributed by atoms with E-state index in [0.717, 1.165) is 17.7 Å². The van der Waals surface area contributed by atoms with E-state index in [0.29, 0.717) is 10.8 Å². The van der Waals surface area contributed by atoms with E-state index < -0.39 is 23.8 Å². The standard InChI is InChI=1S/C21H19F3N2O4S/c1-29-18-5-3-2-4-16(18)20-26-17(12-31-20)19(28)25-10-14(27)11-30-15-8-6-13(7-9-15)21(22,23)24/h2-9,12,14,27H,10-11H2,1H3,(H,25,28). The molecule has 2 N–H and O–H groups in total. The van der Waals surface area contributed by atoms with E-state index in [9.17, 15) is 23.1 Å². The number of nitrogens with zero attached hydrogens (tertiary/aromatic N) is 1. The first-order valence-corrected chi connectivity index (χ1v) is 10.0. The van der Waals surface area contributed by atoms with Crippen LogP contribution < -0.4 is 14.8 Å². The lowest BCUT2D eigenvalue weighted by Crippen LogP contribution is -2.35. The van der Waals surface area contributed by atoms with Crippen LogP contribution in [-0.2, 0) is 6.18 Å². The summed E-state index contributed by atoms with van der Waals surface area (Å²) in [6, 6.07) is 11.4. The van der Waals surface area contributed by atoms with Gasteiger partial charge in [-0.3, -0.25) is 4.79 Å². The number of rotatable bonds is 8. The summed E-state index contributed by atoms with van der Waals surface area (Å²) < 4.78 is 48.2. The van der Waals surface area contributed by atoms with Crippen molar-refractivity contribution in [2.24, 2.45) is 0 Å². The predicted octanol–water partition coefficient (Wildman–Crippen LogP) is 4.01. The molecule has 0 saturated carbocycles. The first-order chi connectivity index (χ1) is 14.8. The highest BCUT2D eigenvalue weighted by molar-refractivity contribution is 7.13. The van der Waals surface area contributed by atoms with Crippen molar-refractivity contribution in [1.82, 2.24) is 10.3 Å². The Labute approximate surface area is 180 Å². The maximum Gasteiger partial charge on any atom is 0.416 e. The number of carbonyl (C=O) groups is 1. The number of ether oxygens (including phenoxy) is 2. The number of methoxy groups -OCH3 is 1.